The number of carbonyl (C=O) groups excluding carboxylic acids is 1. The van der Waals surface area contributed by atoms with Crippen molar-refractivity contribution in [3.8, 4) is 0 Å². The summed E-state index contributed by atoms with van der Waals surface area (Å²) in [5.41, 5.74) is -0.641. The Kier molecular flexibility index (Phi) is 4.28. The summed E-state index contributed by atoms with van der Waals surface area (Å²) >= 11 is 0. The summed E-state index contributed by atoms with van der Waals surface area (Å²) in [5.74, 6) is 0.995. The van der Waals surface area contributed by atoms with Crippen molar-refractivity contribution in [2.24, 2.45) is 5.92 Å². The van der Waals surface area contributed by atoms with Crippen LogP contribution in [-0.4, -0.2) is 59.1 Å². The van der Waals surface area contributed by atoms with Gasteiger partial charge in [-0.1, -0.05) is 6.42 Å². The van der Waals surface area contributed by atoms with Gasteiger partial charge in [0, 0.05) is 39.1 Å². The molecule has 18 heavy (non-hydrogen) atoms. The minimum atomic E-state index is -0.641. The predicted octanol–water partition coefficient (Wildman–Crippen LogP) is 1.09. The smallest absolute Gasteiger partial charge is 0.222 e. The molecule has 2 rings (SSSR count). The van der Waals surface area contributed by atoms with Gasteiger partial charge in [0.2, 0.25) is 5.91 Å². The van der Waals surface area contributed by atoms with Crippen molar-refractivity contribution in [3.63, 3.8) is 0 Å². The van der Waals surface area contributed by atoms with Gasteiger partial charge in [0.15, 0.2) is 0 Å². The van der Waals surface area contributed by atoms with Gasteiger partial charge in [0.1, 0.15) is 0 Å². The first-order chi connectivity index (χ1) is 8.44. The maximum absolute atomic E-state index is 12.1. The zero-order valence-electron chi connectivity index (χ0n) is 11.7. The molecule has 0 aromatic carbocycles. The second kappa shape index (κ2) is 5.57. The Morgan fingerprint density at radius 1 is 1.22 bits per heavy atom. The number of hydrogen-bond donors (Lipinski definition) is 1. The van der Waals surface area contributed by atoms with Gasteiger partial charge < -0.3 is 10.0 Å². The van der Waals surface area contributed by atoms with Gasteiger partial charge in [-0.3, -0.25) is 9.69 Å². The van der Waals surface area contributed by atoms with Gasteiger partial charge in [-0.25, -0.2) is 0 Å². The Hall–Kier alpha value is -0.610. The minimum absolute atomic E-state index is 0.336. The van der Waals surface area contributed by atoms with Crippen molar-refractivity contribution in [2.75, 3.05) is 32.7 Å². The molecule has 2 fully saturated rings. The maximum atomic E-state index is 12.1. The monoisotopic (exact) mass is 254 g/mol. The third-order valence-corrected chi connectivity index (χ3v) is 4.02. The number of hydrogen-bond acceptors (Lipinski definition) is 3. The fourth-order valence-electron chi connectivity index (χ4n) is 2.78. The highest BCUT2D eigenvalue weighted by molar-refractivity contribution is 5.76. The molecule has 0 bridgehead atoms. The molecule has 4 nitrogen and oxygen atoms in total. The van der Waals surface area contributed by atoms with Gasteiger partial charge in [0.05, 0.1) is 5.60 Å². The van der Waals surface area contributed by atoms with Crippen molar-refractivity contribution in [3.05, 3.63) is 0 Å². The minimum Gasteiger partial charge on any atom is -0.389 e. The number of piperazine rings is 1. The summed E-state index contributed by atoms with van der Waals surface area (Å²) in [4.78, 5) is 16.3. The summed E-state index contributed by atoms with van der Waals surface area (Å²) in [6, 6.07) is 0. The first-order valence-electron chi connectivity index (χ1n) is 7.16. The van der Waals surface area contributed by atoms with E-state index >= 15 is 0 Å². The van der Waals surface area contributed by atoms with E-state index in [0.29, 0.717) is 18.4 Å². The number of carbonyl (C=O) groups is 1. The molecule has 4 heteroatoms. The van der Waals surface area contributed by atoms with Crippen LogP contribution in [0, 0.1) is 5.92 Å². The van der Waals surface area contributed by atoms with Crippen LogP contribution >= 0.6 is 0 Å². The Bertz CT molecular complexity index is 287. The molecular weight excluding hydrogens is 228 g/mol. The fraction of sp³-hybridized carbons (Fsp3) is 0.929. The molecule has 2 aliphatic rings. The SMILES string of the molecule is CC(C)(O)CN1CCN(C(=O)CC2CCC2)CC1. The van der Waals surface area contributed by atoms with Crippen LogP contribution in [0.15, 0.2) is 0 Å². The Labute approximate surface area is 110 Å². The first-order valence-corrected chi connectivity index (χ1v) is 7.16. The van der Waals surface area contributed by atoms with Crippen LogP contribution in [0.1, 0.15) is 39.5 Å². The standard InChI is InChI=1S/C14H26N2O2/c1-14(2,18)11-15-6-8-16(9-7-15)13(17)10-12-4-3-5-12/h12,18H,3-11H2,1-2H3. The molecule has 1 saturated heterocycles. The zero-order valence-corrected chi connectivity index (χ0v) is 11.7. The molecule has 1 saturated carbocycles. The molecule has 0 aromatic rings. The quantitative estimate of drug-likeness (QED) is 0.817. The number of nitrogens with zero attached hydrogens (tertiary/aromatic N) is 2. The van der Waals surface area contributed by atoms with Crippen LogP contribution in [0.25, 0.3) is 0 Å². The number of rotatable bonds is 4. The molecule has 1 N–H and O–H groups in total. The van der Waals surface area contributed by atoms with E-state index in [-0.39, 0.29) is 0 Å². The van der Waals surface area contributed by atoms with E-state index < -0.39 is 5.60 Å². The summed E-state index contributed by atoms with van der Waals surface area (Å²) in [6.07, 6.45) is 4.54. The van der Waals surface area contributed by atoms with Crippen molar-refractivity contribution in [1.29, 1.82) is 0 Å². The van der Waals surface area contributed by atoms with Crippen molar-refractivity contribution in [1.82, 2.24) is 9.80 Å². The van der Waals surface area contributed by atoms with E-state index in [1.165, 1.54) is 19.3 Å². The third-order valence-electron chi connectivity index (χ3n) is 4.02. The van der Waals surface area contributed by atoms with E-state index in [4.69, 9.17) is 0 Å². The average Bonchev–Trinajstić information content (AvgIpc) is 2.22. The lowest BCUT2D eigenvalue weighted by molar-refractivity contribution is -0.134. The van der Waals surface area contributed by atoms with Gasteiger partial charge in [0.25, 0.3) is 0 Å². The highest BCUT2D eigenvalue weighted by Gasteiger charge is 2.27. The number of β-amino-alcohol motifs (C(OH)–C–C–N with tert-alkyl or cyclic N) is 1. The van der Waals surface area contributed by atoms with Gasteiger partial charge in [-0.05, 0) is 32.6 Å². The Morgan fingerprint density at radius 2 is 1.83 bits per heavy atom. The second-order valence-corrected chi connectivity index (χ2v) is 6.47. The number of aliphatic hydroxyl groups is 1. The highest BCUT2D eigenvalue weighted by atomic mass is 16.3. The average molecular weight is 254 g/mol. The molecule has 0 spiro atoms. The lowest BCUT2D eigenvalue weighted by Crippen LogP contribution is -2.52. The molecule has 0 unspecified atom stereocenters. The van der Waals surface area contributed by atoms with E-state index in [1.54, 1.807) is 0 Å². The van der Waals surface area contributed by atoms with Crippen LogP contribution in [0.3, 0.4) is 0 Å². The lowest BCUT2D eigenvalue weighted by Gasteiger charge is -2.38. The number of amides is 1. The normalized spacial score (nSPS) is 22.9. The molecule has 0 aromatic heterocycles. The second-order valence-electron chi connectivity index (χ2n) is 6.47. The van der Waals surface area contributed by atoms with Crippen molar-refractivity contribution >= 4 is 5.91 Å². The Balaban J connectivity index is 1.70. The first kappa shape index (κ1) is 13.8. The molecule has 0 radical (unpaired) electrons. The van der Waals surface area contributed by atoms with Crippen LogP contribution in [0.2, 0.25) is 0 Å². The van der Waals surface area contributed by atoms with Crippen LogP contribution in [-0.2, 0) is 4.79 Å². The zero-order chi connectivity index (χ0) is 13.2. The molecule has 1 heterocycles. The van der Waals surface area contributed by atoms with Crippen LogP contribution < -0.4 is 0 Å². The summed E-state index contributed by atoms with van der Waals surface area (Å²) in [6.45, 7) is 7.78. The van der Waals surface area contributed by atoms with Crippen LogP contribution in [0.5, 0.6) is 0 Å². The predicted molar refractivity (Wildman–Crippen MR) is 71.3 cm³/mol. The molecule has 0 atom stereocenters. The molecule has 1 aliphatic carbocycles. The molecule has 1 aliphatic heterocycles. The highest BCUT2D eigenvalue weighted by Crippen LogP contribution is 2.30. The van der Waals surface area contributed by atoms with Crippen molar-refractivity contribution in [2.45, 2.75) is 45.1 Å². The van der Waals surface area contributed by atoms with Gasteiger partial charge in [-0.15, -0.1) is 0 Å². The lowest BCUT2D eigenvalue weighted by atomic mass is 9.82. The van der Waals surface area contributed by atoms with E-state index in [9.17, 15) is 9.90 Å². The van der Waals surface area contributed by atoms with Gasteiger partial charge in [-0.2, -0.15) is 0 Å². The molecule has 104 valence electrons. The summed E-state index contributed by atoms with van der Waals surface area (Å²) in [5, 5.41) is 9.78. The van der Waals surface area contributed by atoms with Crippen molar-refractivity contribution < 1.29 is 9.90 Å². The van der Waals surface area contributed by atoms with E-state index in [1.807, 2.05) is 18.7 Å². The van der Waals surface area contributed by atoms with Crippen LogP contribution in [0.4, 0.5) is 0 Å². The fourth-order valence-corrected chi connectivity index (χ4v) is 2.78. The van der Waals surface area contributed by atoms with Gasteiger partial charge >= 0.3 is 0 Å². The molecular formula is C14H26N2O2. The topological polar surface area (TPSA) is 43.8 Å². The van der Waals surface area contributed by atoms with E-state index in [2.05, 4.69) is 4.90 Å². The largest absolute Gasteiger partial charge is 0.389 e. The Morgan fingerprint density at radius 3 is 2.28 bits per heavy atom. The molecule has 1 amide bonds. The summed E-state index contributed by atoms with van der Waals surface area (Å²) in [7, 11) is 0. The third kappa shape index (κ3) is 3.95. The summed E-state index contributed by atoms with van der Waals surface area (Å²) < 4.78 is 0. The van der Waals surface area contributed by atoms with E-state index in [0.717, 1.165) is 32.6 Å². The maximum Gasteiger partial charge on any atom is 0.222 e.